The van der Waals surface area contributed by atoms with E-state index in [0.717, 1.165) is 57.8 Å². The first-order valence-electron chi connectivity index (χ1n) is 12.6. The molecular weight excluding hydrogens is 420 g/mol. The standard InChI is InChI=1S/C26H40N2O5/c1-4-5-10-22(26(32)33-19-8-6-7-9-19)27-18-11-13-28(14-12-18)25(31)21-15-20(17(2)3)23(29)16-24(21)30/h15-19,22,27,29-30H,4-14H2,1-3H3/t22-/m0/s1. The maximum Gasteiger partial charge on any atom is 0.323 e. The van der Waals surface area contributed by atoms with Crippen molar-refractivity contribution in [1.29, 1.82) is 0 Å². The molecule has 3 rings (SSSR count). The summed E-state index contributed by atoms with van der Waals surface area (Å²) in [5.74, 6) is -0.516. The summed E-state index contributed by atoms with van der Waals surface area (Å²) < 4.78 is 5.77. The van der Waals surface area contributed by atoms with E-state index >= 15 is 0 Å². The molecular formula is C26H40N2O5. The summed E-state index contributed by atoms with van der Waals surface area (Å²) in [5.41, 5.74) is 0.871. The summed E-state index contributed by atoms with van der Waals surface area (Å²) >= 11 is 0. The number of carbonyl (C=O) groups excluding carboxylic acids is 2. The Labute approximate surface area is 197 Å². The number of nitrogens with zero attached hydrogens (tertiary/aromatic N) is 1. The highest BCUT2D eigenvalue weighted by Gasteiger charge is 2.31. The van der Waals surface area contributed by atoms with Crippen LogP contribution in [0.3, 0.4) is 0 Å². The lowest BCUT2D eigenvalue weighted by atomic mass is 9.97. The number of phenolic OH excluding ortho intramolecular Hbond substituents is 2. The van der Waals surface area contributed by atoms with E-state index in [1.807, 2.05) is 13.8 Å². The van der Waals surface area contributed by atoms with Crippen molar-refractivity contribution in [2.45, 2.75) is 103 Å². The van der Waals surface area contributed by atoms with Gasteiger partial charge in [0.05, 0.1) is 5.56 Å². The lowest BCUT2D eigenvalue weighted by Crippen LogP contribution is -2.50. The van der Waals surface area contributed by atoms with Crippen LogP contribution < -0.4 is 5.32 Å². The number of unbranched alkanes of at least 4 members (excludes halogenated alkanes) is 1. The third-order valence-corrected chi connectivity index (χ3v) is 6.93. The Bertz CT molecular complexity index is 811. The first-order chi connectivity index (χ1) is 15.8. The fourth-order valence-electron chi connectivity index (χ4n) is 4.86. The minimum Gasteiger partial charge on any atom is -0.508 e. The zero-order valence-corrected chi connectivity index (χ0v) is 20.3. The van der Waals surface area contributed by atoms with Crippen LogP contribution in [0, 0.1) is 0 Å². The molecule has 1 aromatic rings. The van der Waals surface area contributed by atoms with Crippen LogP contribution >= 0.6 is 0 Å². The summed E-state index contributed by atoms with van der Waals surface area (Å²) in [7, 11) is 0. The molecule has 0 spiro atoms. The second-order valence-corrected chi connectivity index (χ2v) is 9.85. The predicted molar refractivity (Wildman–Crippen MR) is 128 cm³/mol. The van der Waals surface area contributed by atoms with Gasteiger partial charge >= 0.3 is 5.97 Å². The third-order valence-electron chi connectivity index (χ3n) is 6.93. The number of phenols is 2. The number of hydrogen-bond acceptors (Lipinski definition) is 6. The third kappa shape index (κ3) is 6.62. The maximum atomic E-state index is 13.1. The molecule has 2 aliphatic rings. The van der Waals surface area contributed by atoms with Crippen LogP contribution in [-0.4, -0.2) is 58.3 Å². The Morgan fingerprint density at radius 2 is 1.76 bits per heavy atom. The normalized spacial score (nSPS) is 18.6. The highest BCUT2D eigenvalue weighted by Crippen LogP contribution is 2.33. The molecule has 0 bridgehead atoms. The number of aromatic hydroxyl groups is 2. The number of esters is 1. The lowest BCUT2D eigenvalue weighted by Gasteiger charge is -2.34. The molecule has 2 fully saturated rings. The Kier molecular flexibility index (Phi) is 9.01. The Hall–Kier alpha value is -2.28. The van der Waals surface area contributed by atoms with Gasteiger partial charge in [-0.15, -0.1) is 0 Å². The summed E-state index contributed by atoms with van der Waals surface area (Å²) in [4.78, 5) is 27.6. The number of rotatable bonds is 9. The minimum atomic E-state index is -0.299. The van der Waals surface area contributed by atoms with E-state index in [1.54, 1.807) is 11.0 Å². The number of carbonyl (C=O) groups is 2. The van der Waals surface area contributed by atoms with Crippen molar-refractivity contribution in [3.8, 4) is 11.5 Å². The fourth-order valence-corrected chi connectivity index (χ4v) is 4.86. The molecule has 1 heterocycles. The SMILES string of the molecule is CCCC[C@H](NC1CCN(C(=O)c2cc(C(C)C)c(O)cc2O)CC1)C(=O)OC1CCCC1. The molecule has 1 aromatic carbocycles. The maximum absolute atomic E-state index is 13.1. The average molecular weight is 461 g/mol. The van der Waals surface area contributed by atoms with Crippen molar-refractivity contribution in [3.05, 3.63) is 23.3 Å². The zero-order valence-electron chi connectivity index (χ0n) is 20.3. The van der Waals surface area contributed by atoms with Crippen molar-refractivity contribution in [2.24, 2.45) is 0 Å². The first-order valence-corrected chi connectivity index (χ1v) is 12.6. The second kappa shape index (κ2) is 11.7. The van der Waals surface area contributed by atoms with E-state index in [0.29, 0.717) is 18.7 Å². The molecule has 1 saturated heterocycles. The smallest absolute Gasteiger partial charge is 0.323 e. The van der Waals surface area contributed by atoms with E-state index in [4.69, 9.17) is 4.74 Å². The number of hydrogen-bond donors (Lipinski definition) is 3. The summed E-state index contributed by atoms with van der Waals surface area (Å²) in [6.07, 6.45) is 8.49. The number of amides is 1. The van der Waals surface area contributed by atoms with Crippen molar-refractivity contribution in [1.82, 2.24) is 10.2 Å². The van der Waals surface area contributed by atoms with E-state index in [9.17, 15) is 19.8 Å². The molecule has 0 radical (unpaired) electrons. The quantitative estimate of drug-likeness (QED) is 0.471. The van der Waals surface area contributed by atoms with Crippen LogP contribution in [-0.2, 0) is 9.53 Å². The van der Waals surface area contributed by atoms with Gasteiger partial charge in [-0.05, 0) is 62.5 Å². The number of piperidine rings is 1. The second-order valence-electron chi connectivity index (χ2n) is 9.85. The molecule has 0 aromatic heterocycles. The van der Waals surface area contributed by atoms with E-state index < -0.39 is 0 Å². The van der Waals surface area contributed by atoms with Crippen LogP contribution in [0.1, 0.15) is 100 Å². The van der Waals surface area contributed by atoms with Gasteiger partial charge in [0.25, 0.3) is 5.91 Å². The Balaban J connectivity index is 1.58. The molecule has 1 amide bonds. The topological polar surface area (TPSA) is 99.1 Å². The highest BCUT2D eigenvalue weighted by molar-refractivity contribution is 5.97. The van der Waals surface area contributed by atoms with E-state index in [1.165, 1.54) is 6.07 Å². The minimum absolute atomic E-state index is 0.00423. The van der Waals surface area contributed by atoms with Crippen molar-refractivity contribution in [2.75, 3.05) is 13.1 Å². The van der Waals surface area contributed by atoms with Gasteiger partial charge in [0.2, 0.25) is 0 Å². The van der Waals surface area contributed by atoms with Crippen LogP contribution in [0.25, 0.3) is 0 Å². The van der Waals surface area contributed by atoms with Gasteiger partial charge < -0.3 is 25.2 Å². The molecule has 33 heavy (non-hydrogen) atoms. The van der Waals surface area contributed by atoms with Crippen molar-refractivity contribution < 1.29 is 24.5 Å². The van der Waals surface area contributed by atoms with Gasteiger partial charge in [-0.2, -0.15) is 0 Å². The molecule has 1 saturated carbocycles. The van der Waals surface area contributed by atoms with Gasteiger partial charge in [-0.1, -0.05) is 33.6 Å². The number of nitrogens with one attached hydrogen (secondary N) is 1. The molecule has 1 aliphatic carbocycles. The Morgan fingerprint density at radius 3 is 2.36 bits per heavy atom. The molecule has 7 nitrogen and oxygen atoms in total. The van der Waals surface area contributed by atoms with Gasteiger partial charge in [0.1, 0.15) is 23.6 Å². The van der Waals surface area contributed by atoms with E-state index in [-0.39, 0.29) is 53.0 Å². The van der Waals surface area contributed by atoms with Crippen LogP contribution in [0.4, 0.5) is 0 Å². The summed E-state index contributed by atoms with van der Waals surface area (Å²) in [6.45, 7) is 7.08. The molecule has 7 heteroatoms. The Morgan fingerprint density at radius 1 is 1.09 bits per heavy atom. The van der Waals surface area contributed by atoms with Gasteiger partial charge in [-0.25, -0.2) is 0 Å². The van der Waals surface area contributed by atoms with Crippen molar-refractivity contribution in [3.63, 3.8) is 0 Å². The highest BCUT2D eigenvalue weighted by atomic mass is 16.5. The fraction of sp³-hybridized carbons (Fsp3) is 0.692. The predicted octanol–water partition coefficient (Wildman–Crippen LogP) is 4.46. The molecule has 1 aliphatic heterocycles. The first kappa shape index (κ1) is 25.3. The molecule has 1 atom stereocenters. The number of ether oxygens (including phenoxy) is 1. The lowest BCUT2D eigenvalue weighted by molar-refractivity contribution is -0.152. The van der Waals surface area contributed by atoms with Gasteiger partial charge in [0, 0.05) is 25.2 Å². The largest absolute Gasteiger partial charge is 0.508 e. The van der Waals surface area contributed by atoms with Crippen LogP contribution in [0.15, 0.2) is 12.1 Å². The van der Waals surface area contributed by atoms with E-state index in [2.05, 4.69) is 12.2 Å². The molecule has 184 valence electrons. The van der Waals surface area contributed by atoms with Gasteiger partial charge in [-0.3, -0.25) is 9.59 Å². The zero-order chi connectivity index (χ0) is 24.0. The average Bonchev–Trinajstić information content (AvgIpc) is 3.29. The van der Waals surface area contributed by atoms with Crippen LogP contribution in [0.5, 0.6) is 11.5 Å². The molecule has 0 unspecified atom stereocenters. The summed E-state index contributed by atoms with van der Waals surface area (Å²) in [5, 5.41) is 23.8. The summed E-state index contributed by atoms with van der Waals surface area (Å²) in [6, 6.07) is 2.70. The van der Waals surface area contributed by atoms with Gasteiger partial charge in [0.15, 0.2) is 0 Å². The van der Waals surface area contributed by atoms with Crippen LogP contribution in [0.2, 0.25) is 0 Å². The number of likely N-dealkylation sites (tertiary alicyclic amines) is 1. The monoisotopic (exact) mass is 460 g/mol. The number of benzene rings is 1. The van der Waals surface area contributed by atoms with Crippen molar-refractivity contribution >= 4 is 11.9 Å². The molecule has 3 N–H and O–H groups in total.